The summed E-state index contributed by atoms with van der Waals surface area (Å²) in [6.45, 7) is 3.11. The number of nitrogens with zero attached hydrogens (tertiary/aromatic N) is 4. The van der Waals surface area contributed by atoms with Gasteiger partial charge in [0.15, 0.2) is 0 Å². The van der Waals surface area contributed by atoms with Crippen LogP contribution in [0.1, 0.15) is 31.7 Å². The highest BCUT2D eigenvalue weighted by molar-refractivity contribution is 7.89. The largest absolute Gasteiger partial charge is 0.293 e. The van der Waals surface area contributed by atoms with Crippen molar-refractivity contribution in [3.63, 3.8) is 0 Å². The molecule has 2 aromatic rings. The van der Waals surface area contributed by atoms with Crippen molar-refractivity contribution in [2.75, 3.05) is 24.2 Å². The van der Waals surface area contributed by atoms with Gasteiger partial charge >= 0.3 is 0 Å². The number of amides is 1. The number of hydrogen-bond acceptors (Lipinski definition) is 5. The molecule has 2 heterocycles. The van der Waals surface area contributed by atoms with E-state index in [9.17, 15) is 13.2 Å². The van der Waals surface area contributed by atoms with Crippen molar-refractivity contribution in [2.45, 2.75) is 32.7 Å². The molecule has 1 fully saturated rings. The average Bonchev–Trinajstić information content (AvgIpc) is 3.09. The van der Waals surface area contributed by atoms with Gasteiger partial charge in [-0.3, -0.25) is 10.1 Å². The number of carbonyl (C=O) groups excluding carboxylic acids is 1. The van der Waals surface area contributed by atoms with Gasteiger partial charge in [0.2, 0.25) is 21.9 Å². The minimum atomic E-state index is -3.29. The van der Waals surface area contributed by atoms with Gasteiger partial charge in [0, 0.05) is 13.1 Å². The first-order chi connectivity index (χ1) is 13.0. The third-order valence-electron chi connectivity index (χ3n) is 4.57. The van der Waals surface area contributed by atoms with Gasteiger partial charge < -0.3 is 0 Å². The van der Waals surface area contributed by atoms with Crippen molar-refractivity contribution in [2.24, 2.45) is 5.92 Å². The van der Waals surface area contributed by atoms with Crippen molar-refractivity contribution >= 4 is 21.9 Å². The summed E-state index contributed by atoms with van der Waals surface area (Å²) >= 11 is 0. The van der Waals surface area contributed by atoms with Crippen LogP contribution in [0.25, 0.3) is 0 Å². The van der Waals surface area contributed by atoms with Gasteiger partial charge in [-0.15, -0.1) is 5.10 Å². The lowest BCUT2D eigenvalue weighted by Crippen LogP contribution is -2.44. The number of benzene rings is 1. The van der Waals surface area contributed by atoms with Crippen LogP contribution in [0.3, 0.4) is 0 Å². The number of anilines is 1. The van der Waals surface area contributed by atoms with E-state index in [1.54, 1.807) is 11.0 Å². The van der Waals surface area contributed by atoms with Crippen molar-refractivity contribution in [3.05, 3.63) is 42.2 Å². The molecule has 1 saturated heterocycles. The molecular formula is C18H25N5O3S. The molecule has 0 radical (unpaired) electrons. The third kappa shape index (κ3) is 5.14. The fourth-order valence-corrected chi connectivity index (χ4v) is 4.80. The van der Waals surface area contributed by atoms with Crippen LogP contribution >= 0.6 is 0 Å². The van der Waals surface area contributed by atoms with Gasteiger partial charge in [-0.2, -0.15) is 0 Å². The Hall–Kier alpha value is -2.26. The smallest absolute Gasteiger partial charge is 0.248 e. The number of carbonyl (C=O) groups is 1. The van der Waals surface area contributed by atoms with Crippen LogP contribution in [0.4, 0.5) is 5.95 Å². The van der Waals surface area contributed by atoms with Crippen LogP contribution in [0.15, 0.2) is 36.7 Å². The maximum Gasteiger partial charge on any atom is 0.248 e. The molecule has 9 heteroatoms. The van der Waals surface area contributed by atoms with Gasteiger partial charge in [0.05, 0.1) is 18.2 Å². The van der Waals surface area contributed by atoms with Crippen LogP contribution in [-0.4, -0.2) is 52.2 Å². The molecule has 0 aliphatic carbocycles. The van der Waals surface area contributed by atoms with Gasteiger partial charge in [-0.1, -0.05) is 37.3 Å². The molecule has 146 valence electrons. The third-order valence-corrected chi connectivity index (χ3v) is 6.61. The van der Waals surface area contributed by atoms with E-state index in [1.165, 1.54) is 4.31 Å². The molecule has 0 saturated carbocycles. The van der Waals surface area contributed by atoms with Crippen LogP contribution in [0, 0.1) is 5.92 Å². The molecule has 0 bridgehead atoms. The monoisotopic (exact) mass is 391 g/mol. The highest BCUT2D eigenvalue weighted by Crippen LogP contribution is 2.21. The molecule has 1 atom stereocenters. The number of aromatic nitrogens is 3. The second-order valence-corrected chi connectivity index (χ2v) is 8.84. The normalized spacial score (nSPS) is 18.3. The summed E-state index contributed by atoms with van der Waals surface area (Å²) in [7, 11) is -3.29. The number of hydrogen-bond donors (Lipinski definition) is 1. The first-order valence-corrected chi connectivity index (χ1v) is 10.8. The summed E-state index contributed by atoms with van der Waals surface area (Å²) in [5.74, 6) is -0.257. The first-order valence-electron chi connectivity index (χ1n) is 9.20. The van der Waals surface area contributed by atoms with Crippen LogP contribution in [-0.2, 0) is 21.4 Å². The van der Waals surface area contributed by atoms with E-state index in [4.69, 9.17) is 0 Å². The molecule has 1 N–H and O–H groups in total. The Labute approximate surface area is 159 Å². The van der Waals surface area contributed by atoms with E-state index in [0.29, 0.717) is 32.4 Å². The fraction of sp³-hybridized carbons (Fsp3) is 0.500. The van der Waals surface area contributed by atoms with Gasteiger partial charge in [0.25, 0.3) is 0 Å². The quantitative estimate of drug-likeness (QED) is 0.775. The van der Waals surface area contributed by atoms with E-state index >= 15 is 0 Å². The lowest BCUT2D eigenvalue weighted by atomic mass is 9.99. The van der Waals surface area contributed by atoms with Gasteiger partial charge in [-0.25, -0.2) is 22.4 Å². The molecule has 1 aromatic carbocycles. The molecule has 1 aliphatic heterocycles. The summed E-state index contributed by atoms with van der Waals surface area (Å²) < 4.78 is 27.6. The van der Waals surface area contributed by atoms with E-state index in [-0.39, 0.29) is 30.1 Å². The molecule has 0 spiro atoms. The second-order valence-electron chi connectivity index (χ2n) is 6.75. The van der Waals surface area contributed by atoms with E-state index in [0.717, 1.165) is 5.56 Å². The highest BCUT2D eigenvalue weighted by atomic mass is 32.2. The lowest BCUT2D eigenvalue weighted by molar-refractivity contribution is -0.120. The Kier molecular flexibility index (Phi) is 6.22. The number of sulfonamides is 1. The van der Waals surface area contributed by atoms with E-state index in [2.05, 4.69) is 15.4 Å². The van der Waals surface area contributed by atoms with Crippen molar-refractivity contribution in [1.29, 1.82) is 0 Å². The fourth-order valence-electron chi connectivity index (χ4n) is 3.21. The zero-order chi connectivity index (χ0) is 19.3. The van der Waals surface area contributed by atoms with Crippen molar-refractivity contribution < 1.29 is 13.2 Å². The summed E-state index contributed by atoms with van der Waals surface area (Å²) in [5, 5.41) is 7.00. The Morgan fingerprint density at radius 1 is 1.30 bits per heavy atom. The molecule has 1 aromatic heterocycles. The predicted molar refractivity (Wildman–Crippen MR) is 103 cm³/mol. The number of nitrogens with one attached hydrogen (secondary N) is 1. The molecule has 8 nitrogen and oxygen atoms in total. The number of piperidine rings is 1. The maximum absolute atomic E-state index is 12.5. The molecule has 3 rings (SSSR count). The maximum atomic E-state index is 12.5. The molecule has 1 amide bonds. The first kappa shape index (κ1) is 19.5. The van der Waals surface area contributed by atoms with Gasteiger partial charge in [0.1, 0.15) is 6.33 Å². The van der Waals surface area contributed by atoms with Crippen molar-refractivity contribution in [1.82, 2.24) is 19.1 Å². The van der Waals surface area contributed by atoms with Crippen molar-refractivity contribution in [3.8, 4) is 0 Å². The Morgan fingerprint density at radius 2 is 2.07 bits per heavy atom. The standard InChI is InChI=1S/C18H25N5O3S/c1-2-11-27(25,26)23-10-6-9-16(13-23)17(24)20-18-19-14-22(21-18)12-15-7-4-3-5-8-15/h3-5,7-8,14,16H,2,6,9-13H2,1H3,(H,20,21,24). The van der Waals surface area contributed by atoms with E-state index in [1.807, 2.05) is 37.3 Å². The zero-order valence-electron chi connectivity index (χ0n) is 15.4. The molecule has 1 unspecified atom stereocenters. The van der Waals surface area contributed by atoms with E-state index < -0.39 is 10.0 Å². The molecular weight excluding hydrogens is 366 g/mol. The second kappa shape index (κ2) is 8.62. The summed E-state index contributed by atoms with van der Waals surface area (Å²) in [5.41, 5.74) is 1.09. The Bertz CT molecular complexity index is 866. The Balaban J connectivity index is 1.59. The average molecular weight is 391 g/mol. The van der Waals surface area contributed by atoms with Crippen LogP contribution < -0.4 is 5.32 Å². The summed E-state index contributed by atoms with van der Waals surface area (Å²) in [6, 6.07) is 9.85. The molecule has 1 aliphatic rings. The topological polar surface area (TPSA) is 97.2 Å². The Morgan fingerprint density at radius 3 is 2.81 bits per heavy atom. The molecule has 27 heavy (non-hydrogen) atoms. The van der Waals surface area contributed by atoms with Crippen LogP contribution in [0.5, 0.6) is 0 Å². The predicted octanol–water partition coefficient (Wildman–Crippen LogP) is 1.72. The minimum Gasteiger partial charge on any atom is -0.293 e. The minimum absolute atomic E-state index is 0.118. The zero-order valence-corrected chi connectivity index (χ0v) is 16.2. The van der Waals surface area contributed by atoms with Crippen LogP contribution in [0.2, 0.25) is 0 Å². The number of rotatable bonds is 7. The SMILES string of the molecule is CCCS(=O)(=O)N1CCCC(C(=O)Nc2ncn(Cc3ccccc3)n2)C1. The highest BCUT2D eigenvalue weighted by Gasteiger charge is 2.32. The van der Waals surface area contributed by atoms with Gasteiger partial charge in [-0.05, 0) is 24.8 Å². The summed E-state index contributed by atoms with van der Waals surface area (Å²) in [4.78, 5) is 16.7. The lowest BCUT2D eigenvalue weighted by Gasteiger charge is -2.30. The summed E-state index contributed by atoms with van der Waals surface area (Å²) in [6.07, 6.45) is 3.48.